The van der Waals surface area contributed by atoms with Gasteiger partial charge in [0.2, 0.25) is 0 Å². The summed E-state index contributed by atoms with van der Waals surface area (Å²) in [6, 6.07) is 15.1. The number of aromatic nitrogens is 2. The van der Waals surface area contributed by atoms with Crippen LogP contribution in [-0.4, -0.2) is 32.5 Å². The van der Waals surface area contributed by atoms with Gasteiger partial charge in [-0.2, -0.15) is 10.2 Å². The van der Waals surface area contributed by atoms with E-state index in [0.717, 1.165) is 5.56 Å². The number of hydrazone groups is 1. The molecule has 0 spiro atoms. The Kier molecular flexibility index (Phi) is 4.24. The van der Waals surface area contributed by atoms with Crippen LogP contribution in [0.25, 0.3) is 11.3 Å². The zero-order chi connectivity index (χ0) is 16.9. The third-order valence-electron chi connectivity index (χ3n) is 3.28. The minimum absolute atomic E-state index is 0.0559. The summed E-state index contributed by atoms with van der Waals surface area (Å²) in [5, 5.41) is 29.4. The minimum Gasteiger partial charge on any atom is -0.508 e. The van der Waals surface area contributed by atoms with E-state index in [1.54, 1.807) is 6.07 Å². The molecular weight excluding hydrogens is 308 g/mol. The van der Waals surface area contributed by atoms with Gasteiger partial charge in [0, 0.05) is 17.2 Å². The number of aromatic amines is 1. The fourth-order valence-electron chi connectivity index (χ4n) is 2.06. The quantitative estimate of drug-likeness (QED) is 0.436. The van der Waals surface area contributed by atoms with Crippen molar-refractivity contribution >= 4 is 12.1 Å². The Labute approximate surface area is 137 Å². The molecule has 7 heteroatoms. The van der Waals surface area contributed by atoms with Crippen LogP contribution in [0.1, 0.15) is 16.1 Å². The largest absolute Gasteiger partial charge is 0.508 e. The van der Waals surface area contributed by atoms with Gasteiger partial charge in [-0.05, 0) is 18.2 Å². The van der Waals surface area contributed by atoms with E-state index in [1.807, 2.05) is 30.3 Å². The third-order valence-corrected chi connectivity index (χ3v) is 3.28. The van der Waals surface area contributed by atoms with Crippen molar-refractivity contribution in [2.75, 3.05) is 0 Å². The molecule has 120 valence electrons. The van der Waals surface area contributed by atoms with Crippen LogP contribution in [0.5, 0.6) is 11.5 Å². The number of nitrogens with zero attached hydrogens (tertiary/aromatic N) is 2. The van der Waals surface area contributed by atoms with Gasteiger partial charge < -0.3 is 10.2 Å². The minimum atomic E-state index is -0.459. The number of benzene rings is 2. The summed E-state index contributed by atoms with van der Waals surface area (Å²) in [5.41, 5.74) is 4.52. The molecule has 1 aromatic heterocycles. The summed E-state index contributed by atoms with van der Waals surface area (Å²) in [5.74, 6) is -0.653. The summed E-state index contributed by atoms with van der Waals surface area (Å²) in [6.45, 7) is 0. The standard InChI is InChI=1S/C17H14N4O3/c22-13-7-6-12(16(23)8-13)10-18-21-17(24)15-9-14(19-20-15)11-4-2-1-3-5-11/h1-10,22-23H,(H,19,20)(H,21,24)/b18-10+. The first-order valence-electron chi connectivity index (χ1n) is 7.10. The number of phenols is 2. The second-order valence-electron chi connectivity index (χ2n) is 4.98. The van der Waals surface area contributed by atoms with Crippen LogP contribution in [0.3, 0.4) is 0 Å². The van der Waals surface area contributed by atoms with Gasteiger partial charge in [0.05, 0.1) is 11.9 Å². The fourth-order valence-corrected chi connectivity index (χ4v) is 2.06. The van der Waals surface area contributed by atoms with Crippen molar-refractivity contribution in [2.45, 2.75) is 0 Å². The number of carbonyl (C=O) groups excluding carboxylic acids is 1. The zero-order valence-corrected chi connectivity index (χ0v) is 12.5. The Balaban J connectivity index is 1.67. The maximum absolute atomic E-state index is 12.0. The summed E-state index contributed by atoms with van der Waals surface area (Å²) < 4.78 is 0. The lowest BCUT2D eigenvalue weighted by atomic mass is 10.1. The van der Waals surface area contributed by atoms with Crippen LogP contribution in [0, 0.1) is 0 Å². The van der Waals surface area contributed by atoms with E-state index in [9.17, 15) is 15.0 Å². The van der Waals surface area contributed by atoms with Crippen LogP contribution < -0.4 is 5.43 Å². The van der Waals surface area contributed by atoms with E-state index in [1.165, 1.54) is 24.4 Å². The van der Waals surface area contributed by atoms with Gasteiger partial charge >= 0.3 is 0 Å². The Hall–Kier alpha value is -3.61. The van der Waals surface area contributed by atoms with Gasteiger partial charge in [0.1, 0.15) is 17.2 Å². The molecule has 24 heavy (non-hydrogen) atoms. The van der Waals surface area contributed by atoms with Crippen LogP contribution in [0.15, 0.2) is 59.7 Å². The number of hydrogen-bond donors (Lipinski definition) is 4. The van der Waals surface area contributed by atoms with Gasteiger partial charge in [-0.1, -0.05) is 30.3 Å². The molecule has 1 amide bonds. The first kappa shape index (κ1) is 15.3. The average molecular weight is 322 g/mol. The van der Waals surface area contributed by atoms with Crippen molar-refractivity contribution in [3.8, 4) is 22.8 Å². The molecule has 0 aliphatic rings. The van der Waals surface area contributed by atoms with Gasteiger partial charge in [-0.3, -0.25) is 9.89 Å². The highest BCUT2D eigenvalue weighted by molar-refractivity contribution is 5.94. The smallest absolute Gasteiger partial charge is 0.289 e. The number of H-pyrrole nitrogens is 1. The Morgan fingerprint density at radius 2 is 1.92 bits per heavy atom. The topological polar surface area (TPSA) is 111 Å². The number of hydrogen-bond acceptors (Lipinski definition) is 5. The SMILES string of the molecule is O=C(N/N=C/c1ccc(O)cc1O)c1cc(-c2ccccc2)n[nH]1. The van der Waals surface area contributed by atoms with Crippen molar-refractivity contribution in [1.82, 2.24) is 15.6 Å². The van der Waals surface area contributed by atoms with E-state index in [2.05, 4.69) is 20.7 Å². The van der Waals surface area contributed by atoms with E-state index in [4.69, 9.17) is 0 Å². The van der Waals surface area contributed by atoms with Crippen molar-refractivity contribution < 1.29 is 15.0 Å². The summed E-state index contributed by atoms with van der Waals surface area (Å²) in [4.78, 5) is 12.0. The number of amides is 1. The number of aromatic hydroxyl groups is 2. The number of carbonyl (C=O) groups is 1. The monoisotopic (exact) mass is 322 g/mol. The predicted molar refractivity (Wildman–Crippen MR) is 88.9 cm³/mol. The molecule has 0 radical (unpaired) electrons. The molecule has 0 unspecified atom stereocenters. The number of nitrogens with one attached hydrogen (secondary N) is 2. The first-order chi connectivity index (χ1) is 11.6. The first-order valence-corrected chi connectivity index (χ1v) is 7.10. The Bertz CT molecular complexity index is 888. The molecule has 0 atom stereocenters. The van der Waals surface area contributed by atoms with E-state index < -0.39 is 5.91 Å². The molecule has 0 aliphatic carbocycles. The van der Waals surface area contributed by atoms with Crippen molar-refractivity contribution in [1.29, 1.82) is 0 Å². The predicted octanol–water partition coefficient (Wildman–Crippen LogP) is 2.25. The molecule has 1 heterocycles. The van der Waals surface area contributed by atoms with Crippen molar-refractivity contribution in [2.24, 2.45) is 5.10 Å². The van der Waals surface area contributed by atoms with Crippen LogP contribution >= 0.6 is 0 Å². The lowest BCUT2D eigenvalue weighted by Crippen LogP contribution is -2.18. The van der Waals surface area contributed by atoms with Crippen molar-refractivity contribution in [3.05, 3.63) is 65.9 Å². The van der Waals surface area contributed by atoms with Crippen LogP contribution in [0.2, 0.25) is 0 Å². The molecule has 0 saturated heterocycles. The molecule has 0 saturated carbocycles. The highest BCUT2D eigenvalue weighted by Gasteiger charge is 2.10. The third kappa shape index (κ3) is 3.41. The summed E-state index contributed by atoms with van der Waals surface area (Å²) in [6.07, 6.45) is 1.28. The maximum Gasteiger partial charge on any atom is 0.289 e. The lowest BCUT2D eigenvalue weighted by Gasteiger charge is -1.99. The highest BCUT2D eigenvalue weighted by Crippen LogP contribution is 2.20. The Morgan fingerprint density at radius 1 is 1.12 bits per heavy atom. The van der Waals surface area contributed by atoms with Crippen molar-refractivity contribution in [3.63, 3.8) is 0 Å². The molecule has 4 N–H and O–H groups in total. The molecule has 0 bridgehead atoms. The second kappa shape index (κ2) is 6.66. The average Bonchev–Trinajstić information content (AvgIpc) is 3.08. The van der Waals surface area contributed by atoms with E-state index in [0.29, 0.717) is 11.3 Å². The maximum atomic E-state index is 12.0. The van der Waals surface area contributed by atoms with E-state index >= 15 is 0 Å². The normalized spacial score (nSPS) is 10.8. The molecule has 7 nitrogen and oxygen atoms in total. The van der Waals surface area contributed by atoms with Crippen LogP contribution in [-0.2, 0) is 0 Å². The molecular formula is C17H14N4O3. The molecule has 0 fully saturated rings. The number of phenolic OH excluding ortho intramolecular Hbond substituents is 2. The Morgan fingerprint density at radius 3 is 2.67 bits per heavy atom. The highest BCUT2D eigenvalue weighted by atomic mass is 16.3. The van der Waals surface area contributed by atoms with Gasteiger partial charge in [-0.25, -0.2) is 5.43 Å². The zero-order valence-electron chi connectivity index (χ0n) is 12.5. The van der Waals surface area contributed by atoms with Gasteiger partial charge in [0.25, 0.3) is 5.91 Å². The lowest BCUT2D eigenvalue weighted by molar-refractivity contribution is 0.0950. The summed E-state index contributed by atoms with van der Waals surface area (Å²) >= 11 is 0. The molecule has 0 aliphatic heterocycles. The van der Waals surface area contributed by atoms with Gasteiger partial charge in [-0.15, -0.1) is 0 Å². The number of rotatable bonds is 4. The fraction of sp³-hybridized carbons (Fsp3) is 0. The molecule has 3 rings (SSSR count). The van der Waals surface area contributed by atoms with Gasteiger partial charge in [0.15, 0.2) is 0 Å². The van der Waals surface area contributed by atoms with E-state index in [-0.39, 0.29) is 17.2 Å². The second-order valence-corrected chi connectivity index (χ2v) is 4.98. The molecule has 3 aromatic rings. The van der Waals surface area contributed by atoms with Crippen LogP contribution in [0.4, 0.5) is 0 Å². The molecule has 2 aromatic carbocycles. The summed E-state index contributed by atoms with van der Waals surface area (Å²) in [7, 11) is 0.